The first-order chi connectivity index (χ1) is 9.79. The first kappa shape index (κ1) is 21.9. The van der Waals surface area contributed by atoms with Crippen LogP contribution in [0.4, 0.5) is 0 Å². The molecule has 0 aliphatic heterocycles. The quantitative estimate of drug-likeness (QED) is 0.556. The zero-order valence-corrected chi connectivity index (χ0v) is 16.5. The van der Waals surface area contributed by atoms with E-state index in [0.29, 0.717) is 5.92 Å². The Balaban J connectivity index is 4.32. The molecular weight excluding hydrogens is 276 g/mol. The van der Waals surface area contributed by atoms with Crippen LogP contribution in [0, 0.1) is 11.3 Å². The molecule has 0 saturated heterocycles. The lowest BCUT2D eigenvalue weighted by molar-refractivity contribution is -0.132. The van der Waals surface area contributed by atoms with Gasteiger partial charge in [-0.15, -0.1) is 0 Å². The van der Waals surface area contributed by atoms with Crippen molar-refractivity contribution in [3.63, 3.8) is 0 Å². The lowest BCUT2D eigenvalue weighted by Gasteiger charge is -2.45. The first-order valence-electron chi connectivity index (χ1n) is 8.77. The Morgan fingerprint density at radius 1 is 0.909 bits per heavy atom. The van der Waals surface area contributed by atoms with Gasteiger partial charge in [0.15, 0.2) is 0 Å². The summed E-state index contributed by atoms with van der Waals surface area (Å²) in [5.41, 5.74) is -0.753. The summed E-state index contributed by atoms with van der Waals surface area (Å²) in [6.45, 7) is 20.5. The average molecular weight is 317 g/mol. The Morgan fingerprint density at radius 3 is 1.91 bits per heavy atom. The van der Waals surface area contributed by atoms with Crippen molar-refractivity contribution < 1.29 is 14.6 Å². The fraction of sp³-hybridized carbons (Fsp3) is 1.00. The van der Waals surface area contributed by atoms with E-state index in [9.17, 15) is 5.11 Å². The molecule has 134 valence electrons. The topological polar surface area (TPSA) is 38.7 Å². The van der Waals surface area contributed by atoms with Crippen LogP contribution < -0.4 is 0 Å². The summed E-state index contributed by atoms with van der Waals surface area (Å²) < 4.78 is 12.0. The molecule has 0 spiro atoms. The maximum absolute atomic E-state index is 9.73. The van der Waals surface area contributed by atoms with Gasteiger partial charge in [-0.2, -0.15) is 0 Å². The van der Waals surface area contributed by atoms with Gasteiger partial charge < -0.3 is 14.6 Å². The van der Waals surface area contributed by atoms with Crippen LogP contribution in [-0.4, -0.2) is 35.6 Å². The van der Waals surface area contributed by atoms with E-state index in [4.69, 9.17) is 9.47 Å². The molecule has 0 aliphatic rings. The third kappa shape index (κ3) is 7.94. The van der Waals surface area contributed by atoms with Crippen LogP contribution in [0.25, 0.3) is 0 Å². The van der Waals surface area contributed by atoms with E-state index < -0.39 is 5.60 Å². The van der Waals surface area contributed by atoms with E-state index in [1.807, 2.05) is 13.8 Å². The van der Waals surface area contributed by atoms with Crippen LogP contribution >= 0.6 is 0 Å². The third-order valence-electron chi connectivity index (χ3n) is 5.11. The fourth-order valence-electron chi connectivity index (χ4n) is 2.31. The molecule has 1 unspecified atom stereocenters. The minimum Gasteiger partial charge on any atom is -0.390 e. The largest absolute Gasteiger partial charge is 0.390 e. The monoisotopic (exact) mass is 316 g/mol. The summed E-state index contributed by atoms with van der Waals surface area (Å²) in [5.74, 6) is 0.418. The summed E-state index contributed by atoms with van der Waals surface area (Å²) in [4.78, 5) is 0. The van der Waals surface area contributed by atoms with Crippen LogP contribution in [0.5, 0.6) is 0 Å². The number of rotatable bonds is 11. The van der Waals surface area contributed by atoms with Crippen molar-refractivity contribution >= 4 is 0 Å². The number of hydrogen-bond acceptors (Lipinski definition) is 3. The van der Waals surface area contributed by atoms with E-state index in [1.165, 1.54) is 0 Å². The normalized spacial score (nSPS) is 15.4. The minimum absolute atomic E-state index is 0.0259. The van der Waals surface area contributed by atoms with Crippen molar-refractivity contribution in [2.45, 2.75) is 98.9 Å². The van der Waals surface area contributed by atoms with Crippen molar-refractivity contribution in [2.24, 2.45) is 11.3 Å². The van der Waals surface area contributed by atoms with Crippen LogP contribution in [0.15, 0.2) is 0 Å². The van der Waals surface area contributed by atoms with Crippen LogP contribution in [0.3, 0.4) is 0 Å². The Morgan fingerprint density at radius 2 is 1.45 bits per heavy atom. The van der Waals surface area contributed by atoms with Gasteiger partial charge in [-0.05, 0) is 72.1 Å². The zero-order valence-electron chi connectivity index (χ0n) is 16.5. The molecule has 0 radical (unpaired) electrons. The van der Waals surface area contributed by atoms with E-state index in [0.717, 1.165) is 32.5 Å². The maximum Gasteiger partial charge on any atom is 0.0680 e. The second-order valence-corrected chi connectivity index (χ2v) is 8.63. The molecule has 0 heterocycles. The van der Waals surface area contributed by atoms with Gasteiger partial charge in [0, 0.05) is 6.61 Å². The summed E-state index contributed by atoms with van der Waals surface area (Å²) >= 11 is 0. The van der Waals surface area contributed by atoms with E-state index in [-0.39, 0.29) is 17.1 Å². The Bertz CT molecular complexity index is 300. The smallest absolute Gasteiger partial charge is 0.0680 e. The Labute approximate surface area is 138 Å². The predicted octanol–water partition coefficient (Wildman–Crippen LogP) is 4.81. The van der Waals surface area contributed by atoms with E-state index in [2.05, 4.69) is 48.5 Å². The maximum atomic E-state index is 9.73. The van der Waals surface area contributed by atoms with Gasteiger partial charge in [0.1, 0.15) is 0 Å². The third-order valence-corrected chi connectivity index (χ3v) is 5.11. The second-order valence-electron chi connectivity index (χ2n) is 8.63. The van der Waals surface area contributed by atoms with Crippen LogP contribution in [0.2, 0.25) is 0 Å². The molecule has 1 N–H and O–H groups in total. The standard InChI is InChI=1S/C19H40O3/c1-15(2)21-14-16(3)18(6,7)19(8,9)22-13-11-10-12-17(4,5)20/h15-16,20H,10-14H2,1-9H3. The Kier molecular flexibility index (Phi) is 8.61. The number of hydrogen-bond donors (Lipinski definition) is 1. The van der Waals surface area contributed by atoms with Gasteiger partial charge in [0.25, 0.3) is 0 Å². The molecule has 3 nitrogen and oxygen atoms in total. The molecule has 0 aliphatic carbocycles. The highest BCUT2D eigenvalue weighted by molar-refractivity contribution is 4.91. The summed E-state index contributed by atoms with van der Waals surface area (Å²) in [6, 6.07) is 0. The van der Waals surface area contributed by atoms with Crippen molar-refractivity contribution in [3.8, 4) is 0 Å². The molecule has 0 bridgehead atoms. The molecular formula is C19H40O3. The van der Waals surface area contributed by atoms with Crippen molar-refractivity contribution in [1.82, 2.24) is 0 Å². The molecule has 0 fully saturated rings. The number of unbranched alkanes of at least 4 members (excludes halogenated alkanes) is 1. The van der Waals surface area contributed by atoms with E-state index >= 15 is 0 Å². The molecule has 22 heavy (non-hydrogen) atoms. The molecule has 0 rings (SSSR count). The van der Waals surface area contributed by atoms with Crippen LogP contribution in [0.1, 0.15) is 81.6 Å². The van der Waals surface area contributed by atoms with Gasteiger partial charge in [0.2, 0.25) is 0 Å². The number of aliphatic hydroxyl groups is 1. The van der Waals surface area contributed by atoms with Gasteiger partial charge >= 0.3 is 0 Å². The second kappa shape index (κ2) is 8.65. The molecule has 0 aromatic rings. The van der Waals surface area contributed by atoms with Gasteiger partial charge in [-0.25, -0.2) is 0 Å². The highest BCUT2D eigenvalue weighted by Crippen LogP contribution is 2.41. The lowest BCUT2D eigenvalue weighted by atomic mass is 9.68. The van der Waals surface area contributed by atoms with Gasteiger partial charge in [-0.1, -0.05) is 20.8 Å². The molecule has 0 aromatic heterocycles. The minimum atomic E-state index is -0.572. The van der Waals surface area contributed by atoms with Crippen molar-refractivity contribution in [3.05, 3.63) is 0 Å². The zero-order chi connectivity index (χ0) is 17.6. The molecule has 3 heteroatoms. The lowest BCUT2D eigenvalue weighted by Crippen LogP contribution is -2.47. The molecule has 0 saturated carbocycles. The average Bonchev–Trinajstić information content (AvgIpc) is 2.33. The fourth-order valence-corrected chi connectivity index (χ4v) is 2.31. The van der Waals surface area contributed by atoms with Crippen LogP contribution in [-0.2, 0) is 9.47 Å². The summed E-state index contributed by atoms with van der Waals surface area (Å²) in [7, 11) is 0. The summed E-state index contributed by atoms with van der Waals surface area (Å²) in [6.07, 6.45) is 3.06. The van der Waals surface area contributed by atoms with Gasteiger partial charge in [0.05, 0.1) is 23.9 Å². The van der Waals surface area contributed by atoms with Gasteiger partial charge in [-0.3, -0.25) is 0 Å². The number of ether oxygens (including phenoxy) is 2. The Hall–Kier alpha value is -0.120. The highest BCUT2D eigenvalue weighted by atomic mass is 16.5. The highest BCUT2D eigenvalue weighted by Gasteiger charge is 2.42. The van der Waals surface area contributed by atoms with Crippen molar-refractivity contribution in [2.75, 3.05) is 13.2 Å². The van der Waals surface area contributed by atoms with Crippen molar-refractivity contribution in [1.29, 1.82) is 0 Å². The molecule has 0 aromatic carbocycles. The molecule has 1 atom stereocenters. The van der Waals surface area contributed by atoms with E-state index in [1.54, 1.807) is 0 Å². The first-order valence-corrected chi connectivity index (χ1v) is 8.77. The summed E-state index contributed by atoms with van der Waals surface area (Å²) in [5, 5.41) is 9.73. The SMILES string of the molecule is CC(C)OCC(C)C(C)(C)C(C)(C)OCCCCC(C)(C)O. The predicted molar refractivity (Wildman–Crippen MR) is 94.2 cm³/mol. The molecule has 0 amide bonds.